The Morgan fingerprint density at radius 2 is 2.00 bits per heavy atom. The van der Waals surface area contributed by atoms with E-state index in [2.05, 4.69) is 18.6 Å². The van der Waals surface area contributed by atoms with E-state index >= 15 is 0 Å². The Bertz CT molecular complexity index is 510. The van der Waals surface area contributed by atoms with Crippen LogP contribution in [0.1, 0.15) is 37.8 Å². The molecule has 0 atom stereocenters. The number of rotatable bonds is 7. The SMILES string of the molecule is Cc1cc(CN)ccc1S(=O)(=O)NCCCC(C)C. The first-order valence-corrected chi connectivity index (χ1v) is 8.14. The molecule has 0 aromatic heterocycles. The monoisotopic (exact) mass is 284 g/mol. The molecule has 0 aliphatic heterocycles. The van der Waals surface area contributed by atoms with Gasteiger partial charge in [0.15, 0.2) is 0 Å². The van der Waals surface area contributed by atoms with E-state index in [0.717, 1.165) is 24.0 Å². The molecule has 0 radical (unpaired) electrons. The summed E-state index contributed by atoms with van der Waals surface area (Å²) in [4.78, 5) is 0.342. The summed E-state index contributed by atoms with van der Waals surface area (Å²) in [5.41, 5.74) is 7.22. The van der Waals surface area contributed by atoms with Crippen molar-refractivity contribution in [3.05, 3.63) is 29.3 Å². The van der Waals surface area contributed by atoms with Crippen LogP contribution >= 0.6 is 0 Å². The highest BCUT2D eigenvalue weighted by Crippen LogP contribution is 2.16. The number of aryl methyl sites for hydroxylation is 1. The number of benzene rings is 1. The van der Waals surface area contributed by atoms with Gasteiger partial charge in [-0.2, -0.15) is 0 Å². The van der Waals surface area contributed by atoms with Gasteiger partial charge in [0.25, 0.3) is 0 Å². The molecule has 4 nitrogen and oxygen atoms in total. The van der Waals surface area contributed by atoms with Crippen molar-refractivity contribution in [2.45, 2.75) is 45.1 Å². The molecule has 0 aliphatic carbocycles. The second kappa shape index (κ2) is 7.03. The Balaban J connectivity index is 2.72. The van der Waals surface area contributed by atoms with Crippen LogP contribution < -0.4 is 10.5 Å². The van der Waals surface area contributed by atoms with Crippen molar-refractivity contribution in [2.75, 3.05) is 6.54 Å². The molecule has 0 fully saturated rings. The summed E-state index contributed by atoms with van der Waals surface area (Å²) in [6.07, 6.45) is 1.88. The van der Waals surface area contributed by atoms with Crippen LogP contribution in [0.3, 0.4) is 0 Å². The van der Waals surface area contributed by atoms with E-state index < -0.39 is 10.0 Å². The predicted octanol–water partition coefficient (Wildman–Crippen LogP) is 2.17. The maximum Gasteiger partial charge on any atom is 0.240 e. The predicted molar refractivity (Wildman–Crippen MR) is 78.3 cm³/mol. The summed E-state index contributed by atoms with van der Waals surface area (Å²) in [6.45, 7) is 6.96. The fourth-order valence-corrected chi connectivity index (χ4v) is 3.23. The van der Waals surface area contributed by atoms with Gasteiger partial charge in [-0.25, -0.2) is 13.1 Å². The second-order valence-electron chi connectivity index (χ2n) is 5.24. The summed E-state index contributed by atoms with van der Waals surface area (Å²) < 4.78 is 27.0. The first kappa shape index (κ1) is 16.1. The molecular weight excluding hydrogens is 260 g/mol. The maximum absolute atomic E-state index is 12.2. The van der Waals surface area contributed by atoms with Crippen molar-refractivity contribution in [3.8, 4) is 0 Å². The lowest BCUT2D eigenvalue weighted by atomic mass is 10.1. The van der Waals surface area contributed by atoms with Gasteiger partial charge in [-0.15, -0.1) is 0 Å². The summed E-state index contributed by atoms with van der Waals surface area (Å²) in [7, 11) is -3.40. The number of sulfonamides is 1. The Hall–Kier alpha value is -0.910. The largest absolute Gasteiger partial charge is 0.326 e. The number of hydrogen-bond acceptors (Lipinski definition) is 3. The van der Waals surface area contributed by atoms with Crippen LogP contribution in [-0.4, -0.2) is 15.0 Å². The molecule has 0 saturated heterocycles. The first-order chi connectivity index (χ1) is 8.86. The zero-order valence-electron chi connectivity index (χ0n) is 11.9. The molecule has 0 heterocycles. The van der Waals surface area contributed by atoms with E-state index in [1.807, 2.05) is 6.07 Å². The summed E-state index contributed by atoms with van der Waals surface area (Å²) in [5, 5.41) is 0. The molecule has 0 aliphatic rings. The van der Waals surface area contributed by atoms with E-state index in [9.17, 15) is 8.42 Å². The Kier molecular flexibility index (Phi) is 5.97. The summed E-state index contributed by atoms with van der Waals surface area (Å²) in [5.74, 6) is 0.593. The van der Waals surface area contributed by atoms with Crippen LogP contribution in [0, 0.1) is 12.8 Å². The molecule has 19 heavy (non-hydrogen) atoms. The maximum atomic E-state index is 12.2. The van der Waals surface area contributed by atoms with Gasteiger partial charge in [0.1, 0.15) is 0 Å². The second-order valence-corrected chi connectivity index (χ2v) is 6.97. The van der Waals surface area contributed by atoms with Crippen molar-refractivity contribution in [3.63, 3.8) is 0 Å². The number of nitrogens with two attached hydrogens (primary N) is 1. The topological polar surface area (TPSA) is 72.2 Å². The average molecular weight is 284 g/mol. The molecule has 5 heteroatoms. The van der Waals surface area contributed by atoms with Gasteiger partial charge in [-0.05, 0) is 42.9 Å². The smallest absolute Gasteiger partial charge is 0.240 e. The zero-order valence-corrected chi connectivity index (χ0v) is 12.8. The van der Waals surface area contributed by atoms with Crippen LogP contribution in [0.15, 0.2) is 23.1 Å². The van der Waals surface area contributed by atoms with E-state index in [4.69, 9.17) is 5.73 Å². The molecule has 1 rings (SSSR count). The van der Waals surface area contributed by atoms with Gasteiger partial charge in [-0.3, -0.25) is 0 Å². The van der Waals surface area contributed by atoms with Crippen LogP contribution in [-0.2, 0) is 16.6 Å². The minimum Gasteiger partial charge on any atom is -0.326 e. The molecular formula is C14H24N2O2S. The third-order valence-electron chi connectivity index (χ3n) is 3.01. The number of hydrogen-bond donors (Lipinski definition) is 2. The normalized spacial score (nSPS) is 12.1. The molecule has 0 saturated carbocycles. The quantitative estimate of drug-likeness (QED) is 0.754. The third kappa shape index (κ3) is 4.93. The summed E-state index contributed by atoms with van der Waals surface area (Å²) >= 11 is 0. The average Bonchev–Trinajstić information content (AvgIpc) is 2.34. The molecule has 108 valence electrons. The highest BCUT2D eigenvalue weighted by molar-refractivity contribution is 7.89. The van der Waals surface area contributed by atoms with Crippen LogP contribution in [0.4, 0.5) is 0 Å². The van der Waals surface area contributed by atoms with Crippen LogP contribution in [0.25, 0.3) is 0 Å². The zero-order chi connectivity index (χ0) is 14.5. The number of nitrogens with one attached hydrogen (secondary N) is 1. The highest BCUT2D eigenvalue weighted by atomic mass is 32.2. The molecule has 3 N–H and O–H groups in total. The molecule has 0 unspecified atom stereocenters. The van der Waals surface area contributed by atoms with E-state index in [0.29, 0.717) is 23.9 Å². The molecule has 1 aromatic rings. The van der Waals surface area contributed by atoms with Gasteiger partial charge in [0, 0.05) is 13.1 Å². The lowest BCUT2D eigenvalue weighted by molar-refractivity contribution is 0.539. The van der Waals surface area contributed by atoms with Crippen molar-refractivity contribution >= 4 is 10.0 Å². The summed E-state index contributed by atoms with van der Waals surface area (Å²) in [6, 6.07) is 5.21. The van der Waals surface area contributed by atoms with Crippen molar-refractivity contribution in [1.82, 2.24) is 4.72 Å². The van der Waals surface area contributed by atoms with E-state index in [1.165, 1.54) is 0 Å². The van der Waals surface area contributed by atoms with Gasteiger partial charge in [0.05, 0.1) is 4.90 Å². The minimum absolute atomic E-state index is 0.342. The van der Waals surface area contributed by atoms with E-state index in [-0.39, 0.29) is 0 Å². The molecule has 0 spiro atoms. The molecule has 1 aromatic carbocycles. The first-order valence-electron chi connectivity index (χ1n) is 6.66. The van der Waals surface area contributed by atoms with Crippen molar-refractivity contribution in [2.24, 2.45) is 11.7 Å². The fraction of sp³-hybridized carbons (Fsp3) is 0.571. The lowest BCUT2D eigenvalue weighted by Crippen LogP contribution is -2.25. The Morgan fingerprint density at radius 1 is 1.32 bits per heavy atom. The van der Waals surface area contributed by atoms with Gasteiger partial charge in [0.2, 0.25) is 10.0 Å². The Labute approximate surface area is 116 Å². The van der Waals surface area contributed by atoms with E-state index in [1.54, 1.807) is 19.1 Å². The third-order valence-corrected chi connectivity index (χ3v) is 4.64. The molecule has 0 bridgehead atoms. The van der Waals surface area contributed by atoms with Gasteiger partial charge >= 0.3 is 0 Å². The standard InChI is InChI=1S/C14H24N2O2S/c1-11(2)5-4-8-16-19(17,18)14-7-6-13(10-15)9-12(14)3/h6-7,9,11,16H,4-5,8,10,15H2,1-3H3. The molecule has 0 amide bonds. The minimum atomic E-state index is -3.40. The van der Waals surface area contributed by atoms with Gasteiger partial charge < -0.3 is 5.73 Å². The van der Waals surface area contributed by atoms with Crippen LogP contribution in [0.2, 0.25) is 0 Å². The van der Waals surface area contributed by atoms with Crippen molar-refractivity contribution in [1.29, 1.82) is 0 Å². The van der Waals surface area contributed by atoms with Crippen LogP contribution in [0.5, 0.6) is 0 Å². The highest BCUT2D eigenvalue weighted by Gasteiger charge is 2.16. The Morgan fingerprint density at radius 3 is 2.53 bits per heavy atom. The van der Waals surface area contributed by atoms with Gasteiger partial charge in [-0.1, -0.05) is 26.0 Å². The fourth-order valence-electron chi connectivity index (χ4n) is 1.93. The van der Waals surface area contributed by atoms with Crippen molar-refractivity contribution < 1.29 is 8.42 Å². The lowest BCUT2D eigenvalue weighted by Gasteiger charge is -2.11.